The van der Waals surface area contributed by atoms with Gasteiger partial charge in [-0.2, -0.15) is 5.26 Å². The van der Waals surface area contributed by atoms with Gasteiger partial charge in [0.1, 0.15) is 41.3 Å². The smallest absolute Gasteiger partial charge is 0.259 e. The maximum Gasteiger partial charge on any atom is 0.259 e. The summed E-state index contributed by atoms with van der Waals surface area (Å²) < 4.78 is 42.9. The van der Waals surface area contributed by atoms with Gasteiger partial charge in [-0.15, -0.1) is 0 Å². The Morgan fingerprint density at radius 1 is 0.909 bits per heavy atom. The number of ether oxygens (including phenoxy) is 4. The Morgan fingerprint density at radius 2 is 1.53 bits per heavy atom. The van der Waals surface area contributed by atoms with Crippen LogP contribution in [0.25, 0.3) is 11.2 Å². The van der Waals surface area contributed by atoms with E-state index in [1.807, 2.05) is 71.3 Å². The van der Waals surface area contributed by atoms with Gasteiger partial charge in [-0.1, -0.05) is 54.6 Å². The number of rotatable bonds is 18. The van der Waals surface area contributed by atoms with Gasteiger partial charge in [-0.05, 0) is 68.7 Å². The van der Waals surface area contributed by atoms with Crippen LogP contribution in [0, 0.1) is 11.3 Å². The van der Waals surface area contributed by atoms with E-state index in [0.717, 1.165) is 28.2 Å². The third-order valence-corrected chi connectivity index (χ3v) is 11.8. The molecule has 4 atom stereocenters. The predicted molar refractivity (Wildman–Crippen MR) is 212 cm³/mol. The van der Waals surface area contributed by atoms with Crippen molar-refractivity contribution in [2.45, 2.75) is 76.7 Å². The molecule has 3 heterocycles. The van der Waals surface area contributed by atoms with Crippen LogP contribution in [0.5, 0.6) is 11.5 Å². The Balaban J connectivity index is 1.43. The lowest BCUT2D eigenvalue weighted by Gasteiger charge is -2.39. The van der Waals surface area contributed by atoms with Crippen molar-refractivity contribution in [2.24, 2.45) is 0 Å². The molecule has 0 bridgehead atoms. The van der Waals surface area contributed by atoms with Gasteiger partial charge in [0.05, 0.1) is 52.4 Å². The standard InChI is InChI=1S/C41H50N7O6P/c1-28(2)48(29(3)4)55(52-23-11-22-42)54-35-24-37(47-27-46-38-39(43-5)44-26-45-40(38)47)53-36(35)25-51-41(30-12-9-8-10-13-30,31-14-18-33(49-6)19-15-31)32-16-20-34(50-7)21-17-32/h8-10,12-21,26-29,35-37H,11,23-25H2,1-7H3,(H,43,44,45)/t35-,36-,37-,55?/m1/s1. The highest BCUT2D eigenvalue weighted by Crippen LogP contribution is 2.51. The fourth-order valence-electron chi connectivity index (χ4n) is 7.07. The first kappa shape index (κ1) is 40.0. The molecule has 1 saturated heterocycles. The normalized spacial score (nSPS) is 17.9. The largest absolute Gasteiger partial charge is 0.497 e. The monoisotopic (exact) mass is 767 g/mol. The molecule has 0 aliphatic carbocycles. The van der Waals surface area contributed by atoms with Crippen LogP contribution < -0.4 is 14.8 Å². The minimum Gasteiger partial charge on any atom is -0.497 e. The van der Waals surface area contributed by atoms with Crippen LogP contribution in [0.15, 0.2) is 91.5 Å². The second-order valence-electron chi connectivity index (χ2n) is 13.7. The third-order valence-electron chi connectivity index (χ3n) is 9.61. The number of aromatic nitrogens is 4. The van der Waals surface area contributed by atoms with E-state index in [0.29, 0.717) is 23.4 Å². The summed E-state index contributed by atoms with van der Waals surface area (Å²) in [5, 5.41) is 12.5. The van der Waals surface area contributed by atoms with E-state index in [1.165, 1.54) is 6.33 Å². The van der Waals surface area contributed by atoms with E-state index >= 15 is 0 Å². The highest BCUT2D eigenvalue weighted by Gasteiger charge is 2.45. The number of anilines is 1. The Kier molecular flexibility index (Phi) is 13.3. The maximum absolute atomic E-state index is 9.36. The van der Waals surface area contributed by atoms with Crippen molar-refractivity contribution in [3.05, 3.63) is 108 Å². The molecule has 1 aliphatic rings. The zero-order chi connectivity index (χ0) is 39.0. The SMILES string of the molecule is CNc1ncnc2c1ncn2[C@H]1C[C@@H](OP(OCCC#N)N(C(C)C)C(C)C)[C@@H](COC(c2ccccc2)(c2ccc(OC)cc2)c2ccc(OC)cc2)O1. The van der Waals surface area contributed by atoms with Gasteiger partial charge in [-0.25, -0.2) is 19.6 Å². The molecular formula is C41H50N7O6P. The van der Waals surface area contributed by atoms with Gasteiger partial charge in [0.15, 0.2) is 11.5 Å². The highest BCUT2D eigenvalue weighted by molar-refractivity contribution is 7.44. The van der Waals surface area contributed by atoms with Crippen LogP contribution in [0.4, 0.5) is 5.82 Å². The van der Waals surface area contributed by atoms with E-state index < -0.39 is 32.6 Å². The third kappa shape index (κ3) is 8.60. The molecule has 5 aromatic rings. The average Bonchev–Trinajstić information content (AvgIpc) is 3.82. The fraction of sp³-hybridized carbons (Fsp3) is 0.415. The number of nitrogens with zero attached hydrogens (tertiary/aromatic N) is 6. The number of imidazole rings is 1. The Labute approximate surface area is 324 Å². The topological polar surface area (TPSA) is 138 Å². The first-order chi connectivity index (χ1) is 26.7. The molecule has 1 N–H and O–H groups in total. The van der Waals surface area contributed by atoms with Crippen molar-refractivity contribution in [1.29, 1.82) is 5.26 Å². The summed E-state index contributed by atoms with van der Waals surface area (Å²) in [6, 6.07) is 28.5. The highest BCUT2D eigenvalue weighted by atomic mass is 31.2. The number of hydrogen-bond acceptors (Lipinski definition) is 12. The molecule has 1 unspecified atom stereocenters. The van der Waals surface area contributed by atoms with Crippen LogP contribution in [-0.4, -0.2) is 83.0 Å². The second kappa shape index (κ2) is 18.3. The van der Waals surface area contributed by atoms with Crippen molar-refractivity contribution in [2.75, 3.05) is 39.8 Å². The summed E-state index contributed by atoms with van der Waals surface area (Å²) in [4.78, 5) is 13.6. The van der Waals surface area contributed by atoms with Crippen LogP contribution in [0.1, 0.15) is 63.5 Å². The molecule has 14 heteroatoms. The van der Waals surface area contributed by atoms with Crippen molar-refractivity contribution >= 4 is 25.5 Å². The number of nitrogens with one attached hydrogen (secondary N) is 1. The van der Waals surface area contributed by atoms with E-state index in [9.17, 15) is 5.26 Å². The minimum atomic E-state index is -1.59. The van der Waals surface area contributed by atoms with Crippen LogP contribution in [-0.2, 0) is 24.1 Å². The zero-order valence-corrected chi connectivity index (χ0v) is 33.3. The predicted octanol–water partition coefficient (Wildman–Crippen LogP) is 7.84. The average molecular weight is 768 g/mol. The van der Waals surface area contributed by atoms with Crippen molar-refractivity contribution in [3.8, 4) is 17.6 Å². The second-order valence-corrected chi connectivity index (χ2v) is 15.1. The molecule has 0 spiro atoms. The van der Waals surface area contributed by atoms with Gasteiger partial charge < -0.3 is 33.3 Å². The Hall–Kier alpha value is -4.67. The molecule has 1 aliphatic heterocycles. The van der Waals surface area contributed by atoms with Crippen molar-refractivity contribution in [1.82, 2.24) is 24.2 Å². The Morgan fingerprint density at radius 3 is 2.09 bits per heavy atom. The quantitative estimate of drug-likeness (QED) is 0.0528. The molecular weight excluding hydrogens is 717 g/mol. The molecule has 290 valence electrons. The van der Waals surface area contributed by atoms with Gasteiger partial charge in [0, 0.05) is 25.6 Å². The summed E-state index contributed by atoms with van der Waals surface area (Å²) in [6.07, 6.45) is 2.44. The number of nitriles is 1. The summed E-state index contributed by atoms with van der Waals surface area (Å²) in [7, 11) is 3.52. The first-order valence-electron chi connectivity index (χ1n) is 18.5. The van der Waals surface area contributed by atoms with E-state index in [2.05, 4.69) is 70.8 Å². The molecule has 55 heavy (non-hydrogen) atoms. The van der Waals surface area contributed by atoms with Crippen LogP contribution >= 0.6 is 8.53 Å². The van der Waals surface area contributed by atoms with Gasteiger partial charge in [0.25, 0.3) is 8.53 Å². The lowest BCUT2D eigenvalue weighted by Crippen LogP contribution is -2.39. The van der Waals surface area contributed by atoms with Crippen LogP contribution in [0.3, 0.4) is 0 Å². The molecule has 2 aromatic heterocycles. The molecule has 0 amide bonds. The first-order valence-corrected chi connectivity index (χ1v) is 19.6. The molecule has 3 aromatic carbocycles. The summed E-state index contributed by atoms with van der Waals surface area (Å²) in [5.74, 6) is 2.09. The minimum absolute atomic E-state index is 0.117. The lowest BCUT2D eigenvalue weighted by atomic mass is 9.80. The molecule has 6 rings (SSSR count). The van der Waals surface area contributed by atoms with E-state index in [4.69, 9.17) is 28.0 Å². The summed E-state index contributed by atoms with van der Waals surface area (Å²) >= 11 is 0. The van der Waals surface area contributed by atoms with E-state index in [1.54, 1.807) is 27.6 Å². The summed E-state index contributed by atoms with van der Waals surface area (Å²) in [5.41, 5.74) is 2.95. The van der Waals surface area contributed by atoms with Gasteiger partial charge in [-0.3, -0.25) is 4.57 Å². The fourth-order valence-corrected chi connectivity index (χ4v) is 8.83. The van der Waals surface area contributed by atoms with Crippen molar-refractivity contribution < 1.29 is 28.0 Å². The Bertz CT molecular complexity index is 1950. The van der Waals surface area contributed by atoms with E-state index in [-0.39, 0.29) is 31.7 Å². The van der Waals surface area contributed by atoms with Gasteiger partial charge >= 0.3 is 0 Å². The number of methoxy groups -OCH3 is 2. The maximum atomic E-state index is 9.36. The van der Waals surface area contributed by atoms with Crippen molar-refractivity contribution in [3.63, 3.8) is 0 Å². The molecule has 0 saturated carbocycles. The number of hydrogen-bond donors (Lipinski definition) is 1. The summed E-state index contributed by atoms with van der Waals surface area (Å²) in [6.45, 7) is 8.87. The van der Waals surface area contributed by atoms with Crippen LogP contribution in [0.2, 0.25) is 0 Å². The number of fused-ring (bicyclic) bond motifs is 1. The molecule has 13 nitrogen and oxygen atoms in total. The molecule has 1 fully saturated rings. The number of benzene rings is 3. The van der Waals surface area contributed by atoms with Gasteiger partial charge in [0.2, 0.25) is 0 Å². The lowest BCUT2D eigenvalue weighted by molar-refractivity contribution is -0.0912. The zero-order valence-electron chi connectivity index (χ0n) is 32.5. The molecule has 0 radical (unpaired) electrons.